The van der Waals surface area contributed by atoms with E-state index in [1.165, 1.54) is 6.26 Å². The maximum Gasteiger partial charge on any atom is 0.346 e. The minimum absolute atomic E-state index is 0.164. The van der Waals surface area contributed by atoms with E-state index in [1.807, 2.05) is 0 Å². The van der Waals surface area contributed by atoms with Crippen LogP contribution in [0.2, 0.25) is 0 Å². The minimum atomic E-state index is -0.545. The molecule has 1 amide bonds. The number of rotatable bonds is 2. The zero-order valence-electron chi connectivity index (χ0n) is 10.3. The number of aromatic nitrogens is 2. The number of amides is 1. The van der Waals surface area contributed by atoms with Crippen molar-refractivity contribution in [3.8, 4) is 11.5 Å². The van der Waals surface area contributed by atoms with Crippen LogP contribution in [0.4, 0.5) is 0 Å². The lowest BCUT2D eigenvalue weighted by atomic mass is 10.2. The van der Waals surface area contributed by atoms with Crippen molar-refractivity contribution < 1.29 is 9.21 Å². The van der Waals surface area contributed by atoms with Gasteiger partial charge in [0.2, 0.25) is 0 Å². The van der Waals surface area contributed by atoms with Gasteiger partial charge in [-0.3, -0.25) is 4.79 Å². The van der Waals surface area contributed by atoms with Crippen molar-refractivity contribution in [1.82, 2.24) is 14.9 Å². The number of carbonyl (C=O) groups is 1. The van der Waals surface area contributed by atoms with Crippen LogP contribution in [0.1, 0.15) is 23.3 Å². The number of hydrogen-bond acceptors (Lipinski definition) is 4. The highest BCUT2D eigenvalue weighted by molar-refractivity contribution is 5.93. The molecular formula is C13H13N3O3. The molecule has 2 aromatic rings. The largest absolute Gasteiger partial charge is 0.463 e. The van der Waals surface area contributed by atoms with Crippen molar-refractivity contribution in [2.75, 3.05) is 13.1 Å². The van der Waals surface area contributed by atoms with Gasteiger partial charge in [-0.1, -0.05) is 0 Å². The van der Waals surface area contributed by atoms with Crippen LogP contribution in [-0.2, 0) is 0 Å². The summed E-state index contributed by atoms with van der Waals surface area (Å²) in [4.78, 5) is 31.8. The Morgan fingerprint density at radius 1 is 1.37 bits per heavy atom. The second kappa shape index (κ2) is 4.72. The van der Waals surface area contributed by atoms with Crippen molar-refractivity contribution in [3.63, 3.8) is 0 Å². The second-order valence-electron chi connectivity index (χ2n) is 4.46. The molecule has 3 rings (SSSR count). The zero-order chi connectivity index (χ0) is 13.2. The van der Waals surface area contributed by atoms with E-state index in [-0.39, 0.29) is 11.6 Å². The first-order valence-electron chi connectivity index (χ1n) is 6.18. The lowest BCUT2D eigenvalue weighted by Crippen LogP contribution is -2.30. The van der Waals surface area contributed by atoms with Gasteiger partial charge in [0.05, 0.1) is 12.0 Å². The number of aromatic amines is 1. The number of carbonyl (C=O) groups excluding carboxylic acids is 1. The quantitative estimate of drug-likeness (QED) is 0.880. The van der Waals surface area contributed by atoms with Crippen molar-refractivity contribution in [2.45, 2.75) is 12.8 Å². The summed E-state index contributed by atoms with van der Waals surface area (Å²) in [6.07, 6.45) is 3.51. The molecule has 0 saturated carbocycles. The molecule has 0 radical (unpaired) electrons. The fourth-order valence-corrected chi connectivity index (χ4v) is 2.21. The summed E-state index contributed by atoms with van der Waals surface area (Å²) in [5.74, 6) is 0.311. The van der Waals surface area contributed by atoms with Crippen LogP contribution in [0.5, 0.6) is 0 Å². The summed E-state index contributed by atoms with van der Waals surface area (Å²) in [5, 5.41) is 0. The summed E-state index contributed by atoms with van der Waals surface area (Å²) in [5.41, 5.74) is 0.0843. The summed E-state index contributed by atoms with van der Waals surface area (Å²) >= 11 is 0. The van der Waals surface area contributed by atoms with Gasteiger partial charge in [-0.2, -0.15) is 4.98 Å². The third-order valence-electron chi connectivity index (χ3n) is 3.14. The fourth-order valence-electron chi connectivity index (χ4n) is 2.21. The molecule has 0 spiro atoms. The molecule has 1 aliphatic rings. The molecule has 0 bridgehead atoms. The number of nitrogens with one attached hydrogen (secondary N) is 1. The van der Waals surface area contributed by atoms with Crippen molar-refractivity contribution in [2.24, 2.45) is 0 Å². The van der Waals surface area contributed by atoms with Crippen LogP contribution in [-0.4, -0.2) is 33.9 Å². The second-order valence-corrected chi connectivity index (χ2v) is 4.46. The molecule has 6 nitrogen and oxygen atoms in total. The molecule has 98 valence electrons. The van der Waals surface area contributed by atoms with E-state index >= 15 is 0 Å². The molecule has 0 atom stereocenters. The number of H-pyrrole nitrogens is 1. The number of nitrogens with zero attached hydrogens (tertiary/aromatic N) is 2. The Bertz CT molecular complexity index is 639. The Balaban J connectivity index is 1.98. The molecule has 6 heteroatoms. The summed E-state index contributed by atoms with van der Waals surface area (Å²) in [6.45, 7) is 1.45. The molecule has 19 heavy (non-hydrogen) atoms. The standard InChI is InChI=1S/C13H13N3O3/c17-12(16-5-1-2-6-16)10-8-9(14-13(18)15-10)11-4-3-7-19-11/h3-4,7-8H,1-2,5-6H2,(H,14,15,18). The molecule has 1 aliphatic heterocycles. The molecule has 0 aliphatic carbocycles. The van der Waals surface area contributed by atoms with Crippen LogP contribution in [0.15, 0.2) is 33.7 Å². The van der Waals surface area contributed by atoms with Crippen molar-refractivity contribution in [1.29, 1.82) is 0 Å². The molecule has 0 unspecified atom stereocenters. The van der Waals surface area contributed by atoms with Crippen molar-refractivity contribution >= 4 is 5.91 Å². The Kier molecular flexibility index (Phi) is 2.91. The van der Waals surface area contributed by atoms with Crippen LogP contribution < -0.4 is 5.69 Å². The van der Waals surface area contributed by atoms with E-state index in [0.29, 0.717) is 11.5 Å². The molecule has 0 aromatic carbocycles. The summed E-state index contributed by atoms with van der Waals surface area (Å²) < 4.78 is 5.21. The van der Waals surface area contributed by atoms with E-state index in [9.17, 15) is 9.59 Å². The molecule has 2 aromatic heterocycles. The monoisotopic (exact) mass is 259 g/mol. The SMILES string of the molecule is O=C(c1cc(-c2ccco2)[nH]c(=O)n1)N1CCCC1. The smallest absolute Gasteiger partial charge is 0.346 e. The first-order valence-corrected chi connectivity index (χ1v) is 6.18. The Morgan fingerprint density at radius 2 is 2.16 bits per heavy atom. The Labute approximate surface area is 109 Å². The maximum absolute atomic E-state index is 12.2. The first kappa shape index (κ1) is 11.7. The van der Waals surface area contributed by atoms with E-state index in [0.717, 1.165) is 25.9 Å². The summed E-state index contributed by atoms with van der Waals surface area (Å²) in [7, 11) is 0. The van der Waals surface area contributed by atoms with Gasteiger partial charge in [0.25, 0.3) is 5.91 Å². The van der Waals surface area contributed by atoms with Crippen molar-refractivity contribution in [3.05, 3.63) is 40.6 Å². The van der Waals surface area contributed by atoms with E-state index in [4.69, 9.17) is 4.42 Å². The predicted octanol–water partition coefficient (Wildman–Crippen LogP) is 1.27. The molecule has 1 saturated heterocycles. The average Bonchev–Trinajstić information content (AvgIpc) is 3.10. The first-order chi connectivity index (χ1) is 9.24. The Hall–Kier alpha value is -2.37. The van der Waals surface area contributed by atoms with Crippen LogP contribution in [0.3, 0.4) is 0 Å². The summed E-state index contributed by atoms with van der Waals surface area (Å²) in [6, 6.07) is 4.99. The number of likely N-dealkylation sites (tertiary alicyclic amines) is 1. The highest BCUT2D eigenvalue weighted by atomic mass is 16.3. The molecule has 1 N–H and O–H groups in total. The van der Waals surface area contributed by atoms with Gasteiger partial charge in [-0.05, 0) is 31.0 Å². The highest BCUT2D eigenvalue weighted by Gasteiger charge is 2.21. The number of hydrogen-bond donors (Lipinski definition) is 1. The topological polar surface area (TPSA) is 79.2 Å². The van der Waals surface area contributed by atoms with Gasteiger partial charge < -0.3 is 14.3 Å². The van der Waals surface area contributed by atoms with Gasteiger partial charge in [0.1, 0.15) is 11.5 Å². The molecule has 1 fully saturated rings. The molecular weight excluding hydrogens is 246 g/mol. The lowest BCUT2D eigenvalue weighted by Gasteiger charge is -2.14. The van der Waals surface area contributed by atoms with Gasteiger partial charge in [-0.15, -0.1) is 0 Å². The zero-order valence-corrected chi connectivity index (χ0v) is 10.3. The van der Waals surface area contributed by atoms with E-state index in [2.05, 4.69) is 9.97 Å². The Morgan fingerprint density at radius 3 is 2.84 bits per heavy atom. The third-order valence-corrected chi connectivity index (χ3v) is 3.14. The van der Waals surface area contributed by atoms with E-state index < -0.39 is 5.69 Å². The number of furan rings is 1. The minimum Gasteiger partial charge on any atom is -0.463 e. The van der Waals surface area contributed by atoms with Crippen LogP contribution >= 0.6 is 0 Å². The molecule has 3 heterocycles. The maximum atomic E-state index is 12.2. The van der Waals surface area contributed by atoms with Crippen LogP contribution in [0, 0.1) is 0 Å². The lowest BCUT2D eigenvalue weighted by molar-refractivity contribution is 0.0786. The van der Waals surface area contributed by atoms with Gasteiger partial charge in [-0.25, -0.2) is 4.79 Å². The highest BCUT2D eigenvalue weighted by Crippen LogP contribution is 2.18. The van der Waals surface area contributed by atoms with E-state index in [1.54, 1.807) is 23.1 Å². The predicted molar refractivity (Wildman–Crippen MR) is 67.7 cm³/mol. The van der Waals surface area contributed by atoms with Gasteiger partial charge >= 0.3 is 5.69 Å². The third kappa shape index (κ3) is 2.29. The fraction of sp³-hybridized carbons (Fsp3) is 0.308. The van der Waals surface area contributed by atoms with Crippen LogP contribution in [0.25, 0.3) is 11.5 Å². The normalized spacial score (nSPS) is 14.8. The average molecular weight is 259 g/mol. The van der Waals surface area contributed by atoms with Gasteiger partial charge in [0, 0.05) is 13.1 Å². The van der Waals surface area contributed by atoms with Gasteiger partial charge in [0.15, 0.2) is 0 Å².